The number of aromatic nitrogens is 1. The normalized spacial score (nSPS) is 12.3. The molecule has 108 valence electrons. The van der Waals surface area contributed by atoms with Crippen molar-refractivity contribution < 1.29 is 4.74 Å². The van der Waals surface area contributed by atoms with Gasteiger partial charge in [0.15, 0.2) is 0 Å². The van der Waals surface area contributed by atoms with Crippen molar-refractivity contribution in [1.29, 1.82) is 0 Å². The molecular weight excluding hydrogens is 268 g/mol. The fourth-order valence-corrected chi connectivity index (χ4v) is 2.92. The molecule has 1 heterocycles. The summed E-state index contributed by atoms with van der Waals surface area (Å²) in [5.41, 5.74) is 2.34. The average Bonchev–Trinajstić information content (AvgIpc) is 2.88. The van der Waals surface area contributed by atoms with Crippen molar-refractivity contribution in [3.05, 3.63) is 45.9 Å². The van der Waals surface area contributed by atoms with Gasteiger partial charge in [0, 0.05) is 23.5 Å². The van der Waals surface area contributed by atoms with Gasteiger partial charge >= 0.3 is 0 Å². The van der Waals surface area contributed by atoms with E-state index in [9.17, 15) is 0 Å². The van der Waals surface area contributed by atoms with Crippen molar-refractivity contribution in [3.63, 3.8) is 0 Å². The smallest absolute Gasteiger partial charge is 0.119 e. The molecule has 0 fully saturated rings. The zero-order valence-electron chi connectivity index (χ0n) is 12.3. The molecule has 1 atom stereocenters. The maximum absolute atomic E-state index is 5.70. The number of ether oxygens (including phenoxy) is 1. The van der Waals surface area contributed by atoms with Gasteiger partial charge in [-0.15, -0.1) is 11.3 Å². The monoisotopic (exact) mass is 290 g/mol. The van der Waals surface area contributed by atoms with Crippen molar-refractivity contribution in [2.45, 2.75) is 32.7 Å². The van der Waals surface area contributed by atoms with Crippen LogP contribution in [0.2, 0.25) is 0 Å². The van der Waals surface area contributed by atoms with Crippen LogP contribution in [0.3, 0.4) is 0 Å². The van der Waals surface area contributed by atoms with E-state index in [1.165, 1.54) is 10.6 Å². The SMILES string of the molecule is CCCOc1cccc(C(Cc2nc(C)cs2)NC)c1. The van der Waals surface area contributed by atoms with Crippen LogP contribution in [0, 0.1) is 6.92 Å². The molecule has 2 rings (SSSR count). The fraction of sp³-hybridized carbons (Fsp3) is 0.438. The maximum atomic E-state index is 5.70. The lowest BCUT2D eigenvalue weighted by Crippen LogP contribution is -2.18. The first-order valence-electron chi connectivity index (χ1n) is 7.04. The van der Waals surface area contributed by atoms with Gasteiger partial charge in [-0.3, -0.25) is 0 Å². The highest BCUT2D eigenvalue weighted by Gasteiger charge is 2.13. The van der Waals surface area contributed by atoms with Crippen LogP contribution >= 0.6 is 11.3 Å². The topological polar surface area (TPSA) is 34.1 Å². The maximum Gasteiger partial charge on any atom is 0.119 e. The van der Waals surface area contributed by atoms with E-state index in [2.05, 4.69) is 40.8 Å². The van der Waals surface area contributed by atoms with Gasteiger partial charge < -0.3 is 10.1 Å². The Morgan fingerprint density at radius 2 is 2.25 bits per heavy atom. The standard InChI is InChI=1S/C16H22N2OS/c1-4-8-19-14-7-5-6-13(9-14)15(17-3)10-16-18-12(2)11-20-16/h5-7,9,11,15,17H,4,8,10H2,1-3H3. The molecule has 1 N–H and O–H groups in total. The van der Waals surface area contributed by atoms with Crippen LogP contribution in [0.25, 0.3) is 0 Å². The van der Waals surface area contributed by atoms with E-state index in [0.29, 0.717) is 0 Å². The Morgan fingerprint density at radius 3 is 2.90 bits per heavy atom. The van der Waals surface area contributed by atoms with Crippen LogP contribution in [0.4, 0.5) is 0 Å². The lowest BCUT2D eigenvalue weighted by Gasteiger charge is -2.16. The highest BCUT2D eigenvalue weighted by atomic mass is 32.1. The first-order valence-corrected chi connectivity index (χ1v) is 7.92. The van der Waals surface area contributed by atoms with Gasteiger partial charge in [0.1, 0.15) is 5.75 Å². The molecule has 4 heteroatoms. The minimum Gasteiger partial charge on any atom is -0.494 e. The number of hydrogen-bond donors (Lipinski definition) is 1. The molecule has 0 aliphatic rings. The average molecular weight is 290 g/mol. The van der Waals surface area contributed by atoms with Crippen LogP contribution in [0.15, 0.2) is 29.6 Å². The Bertz CT molecular complexity index is 539. The third kappa shape index (κ3) is 4.05. The lowest BCUT2D eigenvalue weighted by molar-refractivity contribution is 0.317. The summed E-state index contributed by atoms with van der Waals surface area (Å²) in [6, 6.07) is 8.60. The Morgan fingerprint density at radius 1 is 1.40 bits per heavy atom. The van der Waals surface area contributed by atoms with Crippen LogP contribution < -0.4 is 10.1 Å². The highest BCUT2D eigenvalue weighted by molar-refractivity contribution is 7.09. The van der Waals surface area contributed by atoms with Crippen LogP contribution in [-0.4, -0.2) is 18.6 Å². The van der Waals surface area contributed by atoms with Gasteiger partial charge in [0.05, 0.1) is 11.6 Å². The summed E-state index contributed by atoms with van der Waals surface area (Å²) >= 11 is 1.72. The molecule has 1 unspecified atom stereocenters. The van der Waals surface area contributed by atoms with Gasteiger partial charge in [0.2, 0.25) is 0 Å². The summed E-state index contributed by atoms with van der Waals surface area (Å²) < 4.78 is 5.70. The molecule has 3 nitrogen and oxygen atoms in total. The van der Waals surface area contributed by atoms with E-state index < -0.39 is 0 Å². The highest BCUT2D eigenvalue weighted by Crippen LogP contribution is 2.23. The molecule has 0 bridgehead atoms. The summed E-state index contributed by atoms with van der Waals surface area (Å²) in [4.78, 5) is 4.54. The predicted molar refractivity (Wildman–Crippen MR) is 84.6 cm³/mol. The Hall–Kier alpha value is -1.39. The summed E-state index contributed by atoms with van der Waals surface area (Å²) in [5.74, 6) is 0.944. The summed E-state index contributed by atoms with van der Waals surface area (Å²) in [6.45, 7) is 4.91. The number of thiazole rings is 1. The van der Waals surface area contributed by atoms with E-state index >= 15 is 0 Å². The second-order valence-electron chi connectivity index (χ2n) is 4.85. The second kappa shape index (κ2) is 7.41. The summed E-state index contributed by atoms with van der Waals surface area (Å²) in [6.07, 6.45) is 1.93. The predicted octanol–water partition coefficient (Wildman–Crippen LogP) is 3.74. The Labute approximate surface area is 125 Å². The van der Waals surface area contributed by atoms with Gasteiger partial charge in [0.25, 0.3) is 0 Å². The fourth-order valence-electron chi connectivity index (χ4n) is 2.10. The Kier molecular flexibility index (Phi) is 5.56. The first kappa shape index (κ1) is 15.0. The molecule has 0 radical (unpaired) electrons. The van der Waals surface area contributed by atoms with Gasteiger partial charge in [-0.25, -0.2) is 4.98 Å². The summed E-state index contributed by atoms with van der Waals surface area (Å²) in [5, 5.41) is 6.64. The third-order valence-electron chi connectivity index (χ3n) is 3.13. The number of likely N-dealkylation sites (N-methyl/N-ethyl adjacent to an activating group) is 1. The van der Waals surface area contributed by atoms with Crippen LogP contribution in [0.5, 0.6) is 5.75 Å². The number of aryl methyl sites for hydroxylation is 1. The van der Waals surface area contributed by atoms with E-state index in [-0.39, 0.29) is 6.04 Å². The van der Waals surface area contributed by atoms with Crippen LogP contribution in [0.1, 0.15) is 35.7 Å². The van der Waals surface area contributed by atoms with E-state index in [1.807, 2.05) is 20.0 Å². The molecule has 0 spiro atoms. The van der Waals surface area contributed by atoms with Gasteiger partial charge in [-0.2, -0.15) is 0 Å². The zero-order valence-corrected chi connectivity index (χ0v) is 13.2. The first-order chi connectivity index (χ1) is 9.72. The van der Waals surface area contributed by atoms with Crippen molar-refractivity contribution in [3.8, 4) is 5.75 Å². The number of benzene rings is 1. The molecule has 1 aromatic heterocycles. The summed E-state index contributed by atoms with van der Waals surface area (Å²) in [7, 11) is 1.99. The molecule has 0 saturated carbocycles. The van der Waals surface area contributed by atoms with Crippen molar-refractivity contribution in [1.82, 2.24) is 10.3 Å². The number of hydrogen-bond acceptors (Lipinski definition) is 4. The largest absolute Gasteiger partial charge is 0.494 e. The van der Waals surface area contributed by atoms with Gasteiger partial charge in [-0.1, -0.05) is 19.1 Å². The van der Waals surface area contributed by atoms with Crippen molar-refractivity contribution >= 4 is 11.3 Å². The lowest BCUT2D eigenvalue weighted by atomic mass is 10.0. The molecule has 1 aromatic carbocycles. The van der Waals surface area contributed by atoms with Gasteiger partial charge in [-0.05, 0) is 38.1 Å². The van der Waals surface area contributed by atoms with Crippen molar-refractivity contribution in [2.75, 3.05) is 13.7 Å². The van der Waals surface area contributed by atoms with Crippen molar-refractivity contribution in [2.24, 2.45) is 0 Å². The number of rotatable bonds is 7. The minimum atomic E-state index is 0.269. The van der Waals surface area contributed by atoms with Crippen LogP contribution in [-0.2, 0) is 6.42 Å². The van der Waals surface area contributed by atoms with E-state index in [4.69, 9.17) is 4.74 Å². The van der Waals surface area contributed by atoms with E-state index in [1.54, 1.807) is 11.3 Å². The molecule has 0 aliphatic carbocycles. The number of nitrogens with one attached hydrogen (secondary N) is 1. The number of nitrogens with zero attached hydrogens (tertiary/aromatic N) is 1. The zero-order chi connectivity index (χ0) is 14.4. The molecule has 0 aliphatic heterocycles. The Balaban J connectivity index is 2.10. The quantitative estimate of drug-likeness (QED) is 0.843. The third-order valence-corrected chi connectivity index (χ3v) is 4.12. The molecular formula is C16H22N2OS. The molecule has 0 saturated heterocycles. The second-order valence-corrected chi connectivity index (χ2v) is 5.79. The molecule has 0 amide bonds. The molecule has 2 aromatic rings. The molecule has 20 heavy (non-hydrogen) atoms. The van der Waals surface area contributed by atoms with E-state index in [0.717, 1.165) is 30.9 Å². The minimum absolute atomic E-state index is 0.269.